The van der Waals surface area contributed by atoms with Crippen LogP contribution >= 0.6 is 0 Å². The van der Waals surface area contributed by atoms with Gasteiger partial charge in [0.25, 0.3) is 0 Å². The zero-order valence-electron chi connectivity index (χ0n) is 17.8. The Morgan fingerprint density at radius 1 is 1.00 bits per heavy atom. The first kappa shape index (κ1) is 20.5. The Kier molecular flexibility index (Phi) is 5.66. The molecule has 1 unspecified atom stereocenters. The van der Waals surface area contributed by atoms with E-state index in [1.807, 2.05) is 0 Å². The van der Waals surface area contributed by atoms with E-state index in [1.165, 1.54) is 36.0 Å². The number of para-hydroxylation sites is 1. The molecular formula is C21H34N6O2S. The molecule has 1 aromatic carbocycles. The summed E-state index contributed by atoms with van der Waals surface area (Å²) in [5.74, 6) is 0. The molecule has 0 radical (unpaired) electrons. The van der Waals surface area contributed by atoms with E-state index < -0.39 is 10.0 Å². The van der Waals surface area contributed by atoms with E-state index in [0.29, 0.717) is 19.1 Å². The maximum absolute atomic E-state index is 11.7. The van der Waals surface area contributed by atoms with E-state index in [1.54, 1.807) is 4.31 Å². The second kappa shape index (κ2) is 8.27. The molecule has 0 amide bonds. The topological polar surface area (TPSA) is 80.0 Å². The van der Waals surface area contributed by atoms with Crippen LogP contribution in [0.15, 0.2) is 18.2 Å². The summed E-state index contributed by atoms with van der Waals surface area (Å²) in [5.41, 5.74) is 3.85. The Hall–Kier alpha value is -1.39. The minimum Gasteiger partial charge on any atom is -0.367 e. The van der Waals surface area contributed by atoms with Gasteiger partial charge in [0.2, 0.25) is 10.0 Å². The maximum Gasteiger partial charge on any atom is 0.211 e. The molecule has 4 aliphatic rings. The third kappa shape index (κ3) is 4.45. The summed E-state index contributed by atoms with van der Waals surface area (Å²) in [4.78, 5) is 5.17. The molecule has 30 heavy (non-hydrogen) atoms. The zero-order chi connectivity index (χ0) is 20.7. The van der Waals surface area contributed by atoms with Crippen molar-refractivity contribution in [1.29, 1.82) is 0 Å². The van der Waals surface area contributed by atoms with Gasteiger partial charge >= 0.3 is 0 Å². The second-order valence-electron chi connectivity index (χ2n) is 9.13. The van der Waals surface area contributed by atoms with Crippen molar-refractivity contribution in [2.24, 2.45) is 0 Å². The van der Waals surface area contributed by atoms with E-state index in [4.69, 9.17) is 0 Å². The molecule has 5 rings (SSSR count). The zero-order valence-corrected chi connectivity index (χ0v) is 18.6. The van der Waals surface area contributed by atoms with E-state index in [0.717, 1.165) is 51.6 Å². The Morgan fingerprint density at radius 2 is 1.73 bits per heavy atom. The number of sulfonamides is 1. The highest BCUT2D eigenvalue weighted by atomic mass is 32.2. The summed E-state index contributed by atoms with van der Waals surface area (Å²) >= 11 is 0. The number of piperidine rings is 1. The van der Waals surface area contributed by atoms with Gasteiger partial charge in [-0.15, -0.1) is 0 Å². The van der Waals surface area contributed by atoms with Crippen molar-refractivity contribution < 1.29 is 8.42 Å². The summed E-state index contributed by atoms with van der Waals surface area (Å²) in [5, 5.41) is 10.9. The largest absolute Gasteiger partial charge is 0.367 e. The fraction of sp³-hybridized carbons (Fsp3) is 0.714. The molecule has 3 aliphatic heterocycles. The molecule has 3 fully saturated rings. The van der Waals surface area contributed by atoms with E-state index in [2.05, 4.69) is 43.9 Å². The summed E-state index contributed by atoms with van der Waals surface area (Å²) in [7, 11) is -3.08. The van der Waals surface area contributed by atoms with Crippen LogP contribution in [0.1, 0.15) is 31.2 Å². The average Bonchev–Trinajstić information content (AvgIpc) is 3.59. The average molecular weight is 435 g/mol. The number of piperazine rings is 1. The van der Waals surface area contributed by atoms with Crippen molar-refractivity contribution in [3.8, 4) is 0 Å². The Morgan fingerprint density at radius 3 is 2.40 bits per heavy atom. The lowest BCUT2D eigenvalue weighted by atomic mass is 10.1. The van der Waals surface area contributed by atoms with Gasteiger partial charge in [-0.3, -0.25) is 15.5 Å². The molecule has 8 nitrogen and oxygen atoms in total. The van der Waals surface area contributed by atoms with Gasteiger partial charge < -0.3 is 10.2 Å². The van der Waals surface area contributed by atoms with Crippen LogP contribution < -0.4 is 20.9 Å². The minimum absolute atomic E-state index is 0.00110. The third-order valence-corrected chi connectivity index (χ3v) is 8.26. The van der Waals surface area contributed by atoms with Gasteiger partial charge in [-0.1, -0.05) is 12.1 Å². The number of fused-ring (bicyclic) bond motifs is 1. The normalized spacial score (nSPS) is 27.0. The lowest BCUT2D eigenvalue weighted by molar-refractivity contribution is 0.248. The summed E-state index contributed by atoms with van der Waals surface area (Å²) < 4.78 is 25.1. The molecule has 3 N–H and O–H groups in total. The molecule has 0 aromatic heterocycles. The molecule has 9 heteroatoms. The van der Waals surface area contributed by atoms with Gasteiger partial charge in [0.05, 0.1) is 17.6 Å². The van der Waals surface area contributed by atoms with Crippen LogP contribution in [0.2, 0.25) is 0 Å². The molecule has 1 saturated carbocycles. The highest BCUT2D eigenvalue weighted by Gasteiger charge is 2.32. The molecule has 0 spiro atoms. The quantitative estimate of drug-likeness (QED) is 0.632. The Balaban J connectivity index is 1.21. The number of hydrogen-bond acceptors (Lipinski definition) is 7. The van der Waals surface area contributed by atoms with Crippen LogP contribution in [0.4, 0.5) is 11.4 Å². The van der Waals surface area contributed by atoms with Crippen molar-refractivity contribution in [2.45, 2.75) is 50.6 Å². The predicted octanol–water partition coefficient (Wildman–Crippen LogP) is 0.783. The van der Waals surface area contributed by atoms with Gasteiger partial charge in [-0.05, 0) is 37.3 Å². The third-order valence-electron chi connectivity index (χ3n) is 6.96. The smallest absolute Gasteiger partial charge is 0.211 e. The van der Waals surface area contributed by atoms with E-state index in [9.17, 15) is 8.42 Å². The second-order valence-corrected chi connectivity index (χ2v) is 11.1. The van der Waals surface area contributed by atoms with Crippen molar-refractivity contribution in [3.63, 3.8) is 0 Å². The Bertz CT molecular complexity index is 858. The molecule has 166 valence electrons. The Labute approximate surface area is 180 Å². The van der Waals surface area contributed by atoms with Crippen LogP contribution in [-0.2, 0) is 16.6 Å². The first-order valence-electron chi connectivity index (χ1n) is 11.3. The van der Waals surface area contributed by atoms with Crippen LogP contribution in [-0.4, -0.2) is 81.5 Å². The molecule has 1 atom stereocenters. The van der Waals surface area contributed by atoms with Gasteiger partial charge in [0, 0.05) is 57.9 Å². The minimum atomic E-state index is -3.08. The maximum atomic E-state index is 11.7. The summed E-state index contributed by atoms with van der Waals surface area (Å²) in [6.45, 7) is 6.51. The standard InChI is InChI=1S/C21H34N6O2S/c1-30(28,29)27-9-7-17(8-10-27)23-21-22-15-16-3-2-4-19(20(16)24-21)26-13-11-25(12-14-26)18-5-6-18/h2-4,17-18,21-24H,5-15H2,1H3. The fourth-order valence-corrected chi connectivity index (χ4v) is 5.90. The van der Waals surface area contributed by atoms with Gasteiger partial charge in [0.1, 0.15) is 6.29 Å². The molecule has 1 aliphatic carbocycles. The van der Waals surface area contributed by atoms with Gasteiger partial charge in [0.15, 0.2) is 0 Å². The molecule has 0 bridgehead atoms. The van der Waals surface area contributed by atoms with Crippen molar-refractivity contribution in [3.05, 3.63) is 23.8 Å². The lowest BCUT2D eigenvalue weighted by Crippen LogP contribution is -2.56. The number of hydrogen-bond donors (Lipinski definition) is 3. The number of anilines is 2. The van der Waals surface area contributed by atoms with Gasteiger partial charge in [-0.25, -0.2) is 12.7 Å². The van der Waals surface area contributed by atoms with Crippen LogP contribution in [0.5, 0.6) is 0 Å². The monoisotopic (exact) mass is 434 g/mol. The molecule has 2 saturated heterocycles. The van der Waals surface area contributed by atoms with Crippen LogP contribution in [0.3, 0.4) is 0 Å². The summed E-state index contributed by atoms with van der Waals surface area (Å²) in [6, 6.07) is 7.76. The fourth-order valence-electron chi connectivity index (χ4n) is 5.03. The first-order chi connectivity index (χ1) is 14.5. The number of nitrogens with zero attached hydrogens (tertiary/aromatic N) is 3. The highest BCUT2D eigenvalue weighted by Crippen LogP contribution is 2.34. The number of rotatable bonds is 5. The van der Waals surface area contributed by atoms with Crippen molar-refractivity contribution in [1.82, 2.24) is 19.8 Å². The van der Waals surface area contributed by atoms with E-state index in [-0.39, 0.29) is 6.29 Å². The lowest BCUT2D eigenvalue weighted by Gasteiger charge is -2.40. The molecule has 1 aromatic rings. The molecular weight excluding hydrogens is 400 g/mol. The van der Waals surface area contributed by atoms with Crippen molar-refractivity contribution in [2.75, 3.05) is 55.7 Å². The first-order valence-corrected chi connectivity index (χ1v) is 13.1. The number of nitrogens with one attached hydrogen (secondary N) is 3. The predicted molar refractivity (Wildman–Crippen MR) is 120 cm³/mol. The summed E-state index contributed by atoms with van der Waals surface area (Å²) in [6.07, 6.45) is 5.74. The number of benzene rings is 1. The SMILES string of the molecule is CS(=O)(=O)N1CCC(NC2NCc3cccc(N4CCN(C5CC5)CC4)c3N2)CC1. The van der Waals surface area contributed by atoms with Crippen LogP contribution in [0, 0.1) is 0 Å². The van der Waals surface area contributed by atoms with Crippen molar-refractivity contribution >= 4 is 21.4 Å². The molecule has 3 heterocycles. The van der Waals surface area contributed by atoms with Crippen LogP contribution in [0.25, 0.3) is 0 Å². The van der Waals surface area contributed by atoms with E-state index >= 15 is 0 Å². The van der Waals surface area contributed by atoms with Gasteiger partial charge in [-0.2, -0.15) is 0 Å². The highest BCUT2D eigenvalue weighted by molar-refractivity contribution is 7.88.